The minimum Gasteiger partial charge on any atom is -0.481 e. The molecule has 2 heterocycles. The standard InChI is InChI=1S/C23H20F2N2O4S3/c24-17-4-2-12(9-18(17)25)14-8-16(33-11-14)10-19-22(31)27(23(32)34-19)15-3-1-13(7-15)21(30)26-6-5-20(28)29/h2,4,8-11,13,15H,1,3,5-7H2,(H,26,30)(H,28,29)/t13-,15+/m1/s1. The Kier molecular flexibility index (Phi) is 7.44. The Balaban J connectivity index is 1.41. The number of carboxylic acid groups (broad SMARTS) is 1. The van der Waals surface area contributed by atoms with Gasteiger partial charge in [-0.1, -0.05) is 30.0 Å². The van der Waals surface area contributed by atoms with Crippen LogP contribution in [0.5, 0.6) is 0 Å². The van der Waals surface area contributed by atoms with E-state index in [1.165, 1.54) is 29.2 Å². The van der Waals surface area contributed by atoms with Crippen LogP contribution in [-0.4, -0.2) is 44.7 Å². The van der Waals surface area contributed by atoms with Crippen molar-refractivity contribution in [2.75, 3.05) is 6.54 Å². The second-order valence-electron chi connectivity index (χ2n) is 8.02. The molecule has 1 aromatic heterocycles. The molecule has 2 fully saturated rings. The second kappa shape index (κ2) is 10.3. The van der Waals surface area contributed by atoms with Crippen LogP contribution in [0.1, 0.15) is 30.6 Å². The molecule has 1 aliphatic carbocycles. The number of carboxylic acids is 1. The maximum atomic E-state index is 13.6. The summed E-state index contributed by atoms with van der Waals surface area (Å²) in [7, 11) is 0. The number of thioether (sulfide) groups is 1. The summed E-state index contributed by atoms with van der Waals surface area (Å²) in [6.07, 6.45) is 3.30. The molecule has 2 aromatic rings. The highest BCUT2D eigenvalue weighted by molar-refractivity contribution is 8.26. The number of aliphatic carboxylic acids is 1. The molecule has 2 aliphatic rings. The number of thiocarbonyl (C=S) groups is 1. The van der Waals surface area contributed by atoms with E-state index in [1.54, 1.807) is 17.0 Å². The molecular formula is C23H20F2N2O4S3. The quantitative estimate of drug-likeness (QED) is 0.407. The van der Waals surface area contributed by atoms with Gasteiger partial charge in [0.05, 0.1) is 11.3 Å². The van der Waals surface area contributed by atoms with Crippen molar-refractivity contribution in [2.45, 2.75) is 31.7 Å². The molecule has 6 nitrogen and oxygen atoms in total. The minimum atomic E-state index is -0.975. The van der Waals surface area contributed by atoms with Gasteiger partial charge < -0.3 is 10.4 Å². The molecule has 1 saturated carbocycles. The number of amides is 2. The van der Waals surface area contributed by atoms with Gasteiger partial charge in [-0.15, -0.1) is 11.3 Å². The van der Waals surface area contributed by atoms with E-state index in [0.29, 0.717) is 34.1 Å². The van der Waals surface area contributed by atoms with Crippen molar-refractivity contribution in [1.29, 1.82) is 0 Å². The van der Waals surface area contributed by atoms with Crippen LogP contribution in [-0.2, 0) is 14.4 Å². The lowest BCUT2D eigenvalue weighted by Crippen LogP contribution is -2.38. The molecule has 34 heavy (non-hydrogen) atoms. The number of halogens is 2. The molecule has 11 heteroatoms. The number of carbonyl (C=O) groups excluding carboxylic acids is 2. The molecule has 1 aromatic carbocycles. The molecule has 1 saturated heterocycles. The predicted octanol–water partition coefficient (Wildman–Crippen LogP) is 4.65. The molecular weight excluding hydrogens is 502 g/mol. The number of rotatable bonds is 7. The Morgan fingerprint density at radius 3 is 2.74 bits per heavy atom. The number of nitrogens with one attached hydrogen (secondary N) is 1. The monoisotopic (exact) mass is 522 g/mol. The SMILES string of the molecule is O=C(O)CCNC(=O)[C@@H]1CC[C@H](N2C(=O)C(=Cc3cc(-c4ccc(F)c(F)c4)cs3)SC2=S)C1. The van der Waals surface area contributed by atoms with Gasteiger partial charge in [-0.3, -0.25) is 19.3 Å². The van der Waals surface area contributed by atoms with Crippen molar-refractivity contribution >= 4 is 63.5 Å². The minimum absolute atomic E-state index is 0.0759. The van der Waals surface area contributed by atoms with Crippen LogP contribution in [0.3, 0.4) is 0 Å². The van der Waals surface area contributed by atoms with Gasteiger partial charge in [0.25, 0.3) is 5.91 Å². The summed E-state index contributed by atoms with van der Waals surface area (Å²) >= 11 is 8.02. The maximum Gasteiger partial charge on any atom is 0.305 e. The summed E-state index contributed by atoms with van der Waals surface area (Å²) in [6, 6.07) is 5.33. The average Bonchev–Trinajstić information content (AvgIpc) is 3.50. The fraction of sp³-hybridized carbons (Fsp3) is 0.304. The average molecular weight is 523 g/mol. The summed E-state index contributed by atoms with van der Waals surface area (Å²) in [5.74, 6) is -3.51. The predicted molar refractivity (Wildman–Crippen MR) is 131 cm³/mol. The lowest BCUT2D eigenvalue weighted by molar-refractivity contribution is -0.137. The summed E-state index contributed by atoms with van der Waals surface area (Å²) in [5.41, 5.74) is 1.26. The van der Waals surface area contributed by atoms with Gasteiger partial charge in [0.2, 0.25) is 5.91 Å². The van der Waals surface area contributed by atoms with Crippen LogP contribution in [0.15, 0.2) is 34.6 Å². The van der Waals surface area contributed by atoms with Crippen molar-refractivity contribution in [3.8, 4) is 11.1 Å². The van der Waals surface area contributed by atoms with Crippen LogP contribution < -0.4 is 5.32 Å². The van der Waals surface area contributed by atoms with E-state index in [0.717, 1.165) is 22.6 Å². The highest BCUT2D eigenvalue weighted by Gasteiger charge is 2.42. The largest absolute Gasteiger partial charge is 0.481 e. The number of nitrogens with zero attached hydrogens (tertiary/aromatic N) is 1. The summed E-state index contributed by atoms with van der Waals surface area (Å²) in [6.45, 7) is 0.0759. The third-order valence-corrected chi connectivity index (χ3v) is 7.96. The van der Waals surface area contributed by atoms with Crippen molar-refractivity contribution in [2.24, 2.45) is 5.92 Å². The first-order chi connectivity index (χ1) is 16.2. The van der Waals surface area contributed by atoms with Crippen LogP contribution >= 0.6 is 35.3 Å². The van der Waals surface area contributed by atoms with E-state index in [2.05, 4.69) is 5.32 Å². The van der Waals surface area contributed by atoms with Gasteiger partial charge in [-0.25, -0.2) is 8.78 Å². The van der Waals surface area contributed by atoms with E-state index in [1.807, 2.05) is 5.38 Å². The Hall–Kier alpha value is -2.63. The molecule has 4 rings (SSSR count). The summed E-state index contributed by atoms with van der Waals surface area (Å²) in [5, 5.41) is 13.1. The Morgan fingerprint density at radius 2 is 2.00 bits per heavy atom. The van der Waals surface area contributed by atoms with E-state index in [9.17, 15) is 23.2 Å². The molecule has 0 radical (unpaired) electrons. The van der Waals surface area contributed by atoms with Gasteiger partial charge in [0.15, 0.2) is 11.6 Å². The highest BCUT2D eigenvalue weighted by atomic mass is 32.2. The van der Waals surface area contributed by atoms with Crippen molar-refractivity contribution in [3.05, 3.63) is 51.1 Å². The smallest absolute Gasteiger partial charge is 0.305 e. The second-order valence-corrected chi connectivity index (χ2v) is 10.6. The third kappa shape index (κ3) is 5.37. The molecule has 178 valence electrons. The van der Waals surface area contributed by atoms with Gasteiger partial charge in [0.1, 0.15) is 4.32 Å². The number of hydrogen-bond donors (Lipinski definition) is 2. The van der Waals surface area contributed by atoms with Gasteiger partial charge >= 0.3 is 5.97 Å². The maximum absolute atomic E-state index is 13.6. The Morgan fingerprint density at radius 1 is 1.21 bits per heavy atom. The first-order valence-electron chi connectivity index (χ1n) is 10.5. The van der Waals surface area contributed by atoms with Crippen LogP contribution in [0, 0.1) is 17.6 Å². The van der Waals surface area contributed by atoms with Crippen molar-refractivity contribution in [3.63, 3.8) is 0 Å². The normalized spacial score (nSPS) is 21.5. The first-order valence-corrected chi connectivity index (χ1v) is 12.6. The fourth-order valence-electron chi connectivity index (χ4n) is 4.05. The zero-order valence-electron chi connectivity index (χ0n) is 17.8. The Labute approximate surface area is 208 Å². The highest BCUT2D eigenvalue weighted by Crippen LogP contribution is 2.40. The van der Waals surface area contributed by atoms with E-state index in [4.69, 9.17) is 17.3 Å². The molecule has 0 spiro atoms. The lowest BCUT2D eigenvalue weighted by Gasteiger charge is -2.22. The van der Waals surface area contributed by atoms with Gasteiger partial charge in [-0.05, 0) is 60.0 Å². The van der Waals surface area contributed by atoms with Crippen molar-refractivity contribution in [1.82, 2.24) is 10.2 Å². The van der Waals surface area contributed by atoms with Crippen LogP contribution in [0.2, 0.25) is 0 Å². The summed E-state index contributed by atoms with van der Waals surface area (Å²) in [4.78, 5) is 38.8. The molecule has 0 unspecified atom stereocenters. The molecule has 0 bridgehead atoms. The fourth-order valence-corrected chi connectivity index (χ4v) is 6.36. The molecule has 2 atom stereocenters. The van der Waals surface area contributed by atoms with E-state index < -0.39 is 17.6 Å². The lowest BCUT2D eigenvalue weighted by atomic mass is 10.1. The zero-order valence-corrected chi connectivity index (χ0v) is 20.2. The molecule has 2 amide bonds. The van der Waals surface area contributed by atoms with Crippen LogP contribution in [0.4, 0.5) is 8.78 Å². The number of hydrogen-bond acceptors (Lipinski definition) is 6. The molecule has 1 aliphatic heterocycles. The van der Waals surface area contributed by atoms with Gasteiger partial charge in [0, 0.05) is 23.4 Å². The summed E-state index contributed by atoms with van der Waals surface area (Å²) < 4.78 is 27.2. The topological polar surface area (TPSA) is 86.7 Å². The van der Waals surface area contributed by atoms with E-state index in [-0.39, 0.29) is 36.7 Å². The third-order valence-electron chi connectivity index (χ3n) is 5.75. The zero-order chi connectivity index (χ0) is 24.4. The van der Waals surface area contributed by atoms with E-state index >= 15 is 0 Å². The number of benzene rings is 1. The number of thiophene rings is 1. The first kappa shape index (κ1) is 24.5. The number of carbonyl (C=O) groups is 3. The van der Waals surface area contributed by atoms with Crippen LogP contribution in [0.25, 0.3) is 17.2 Å². The van der Waals surface area contributed by atoms with Crippen molar-refractivity contribution < 1.29 is 28.3 Å². The Bertz CT molecular complexity index is 1200. The molecule has 2 N–H and O–H groups in total. The van der Waals surface area contributed by atoms with Gasteiger partial charge in [-0.2, -0.15) is 0 Å².